The number of Topliss-reactive ketones (excluding diaryl/α,β-unsaturated/α-hetero) is 2. The predicted molar refractivity (Wildman–Crippen MR) is 78.3 cm³/mol. The molecule has 0 spiro atoms. The molecule has 22 heavy (non-hydrogen) atoms. The quantitative estimate of drug-likeness (QED) is 0.864. The number of carbonyl (C=O) groups is 4. The molecule has 2 unspecified atom stereocenters. The minimum absolute atomic E-state index is 0.0107. The third-order valence-electron chi connectivity index (χ3n) is 4.51. The second-order valence-corrected chi connectivity index (χ2v) is 5.96. The summed E-state index contributed by atoms with van der Waals surface area (Å²) >= 11 is 0. The molecule has 1 aliphatic carbocycles. The molecule has 0 bridgehead atoms. The van der Waals surface area contributed by atoms with Crippen LogP contribution in [0.3, 0.4) is 0 Å². The van der Waals surface area contributed by atoms with Crippen molar-refractivity contribution in [2.75, 3.05) is 0 Å². The normalized spacial score (nSPS) is 24.9. The lowest BCUT2D eigenvalue weighted by Crippen LogP contribution is -2.41. The molecule has 0 saturated carbocycles. The highest BCUT2D eigenvalue weighted by molar-refractivity contribution is 6.14. The second kappa shape index (κ2) is 5.83. The maximum Gasteiger partial charge on any atom is 0.229 e. The number of nitrogens with one attached hydrogen (secondary N) is 1. The fourth-order valence-corrected chi connectivity index (χ4v) is 3.24. The number of rotatable bonds is 3. The summed E-state index contributed by atoms with van der Waals surface area (Å²) in [6.45, 7) is 0. The van der Waals surface area contributed by atoms with Crippen molar-refractivity contribution in [1.82, 2.24) is 5.32 Å². The minimum atomic E-state index is -0.354. The molecule has 2 atom stereocenters. The van der Waals surface area contributed by atoms with Gasteiger partial charge in [0.2, 0.25) is 11.8 Å². The number of piperidine rings is 1. The van der Waals surface area contributed by atoms with Crippen molar-refractivity contribution >= 4 is 23.4 Å². The molecule has 3 rings (SSSR count). The van der Waals surface area contributed by atoms with Crippen LogP contribution >= 0.6 is 0 Å². The van der Waals surface area contributed by atoms with Crippen LogP contribution in [-0.4, -0.2) is 23.4 Å². The molecule has 2 amide bonds. The Bertz CT molecular complexity index is 664. The summed E-state index contributed by atoms with van der Waals surface area (Å²) in [5, 5.41) is 2.32. The average Bonchev–Trinajstić information content (AvgIpc) is 2.51. The largest absolute Gasteiger partial charge is 0.296 e. The number of imide groups is 1. The Morgan fingerprint density at radius 1 is 0.955 bits per heavy atom. The summed E-state index contributed by atoms with van der Waals surface area (Å²) in [5.74, 6) is -1.11. The van der Waals surface area contributed by atoms with E-state index in [4.69, 9.17) is 0 Å². The lowest BCUT2D eigenvalue weighted by molar-refractivity contribution is -0.136. The molecular formula is C17H17NO4. The van der Waals surface area contributed by atoms with Gasteiger partial charge in [-0.3, -0.25) is 24.5 Å². The van der Waals surface area contributed by atoms with Crippen molar-refractivity contribution in [1.29, 1.82) is 0 Å². The van der Waals surface area contributed by atoms with E-state index in [1.807, 2.05) is 0 Å². The lowest BCUT2D eigenvalue weighted by Gasteiger charge is -2.25. The first-order valence-corrected chi connectivity index (χ1v) is 7.56. The first-order chi connectivity index (χ1) is 10.6. The van der Waals surface area contributed by atoms with Crippen LogP contribution in [0.15, 0.2) is 24.3 Å². The number of fused-ring (bicyclic) bond motifs is 1. The maximum absolute atomic E-state index is 12.5. The average molecular weight is 299 g/mol. The van der Waals surface area contributed by atoms with Crippen molar-refractivity contribution < 1.29 is 19.2 Å². The van der Waals surface area contributed by atoms with Crippen LogP contribution in [0.4, 0.5) is 0 Å². The van der Waals surface area contributed by atoms with E-state index in [1.165, 1.54) is 0 Å². The van der Waals surface area contributed by atoms with Crippen LogP contribution in [0.2, 0.25) is 0 Å². The molecule has 5 nitrogen and oxygen atoms in total. The summed E-state index contributed by atoms with van der Waals surface area (Å²) in [4.78, 5) is 47.4. The molecule has 1 saturated heterocycles. The number of hydrogen-bond acceptors (Lipinski definition) is 4. The van der Waals surface area contributed by atoms with Gasteiger partial charge in [-0.15, -0.1) is 0 Å². The number of benzene rings is 1. The fourth-order valence-electron chi connectivity index (χ4n) is 3.24. The number of ketones is 2. The van der Waals surface area contributed by atoms with Crippen LogP contribution in [-0.2, 0) is 9.59 Å². The molecule has 0 aromatic heterocycles. The van der Waals surface area contributed by atoms with Crippen molar-refractivity contribution in [2.45, 2.75) is 32.1 Å². The van der Waals surface area contributed by atoms with Crippen molar-refractivity contribution in [3.63, 3.8) is 0 Å². The second-order valence-electron chi connectivity index (χ2n) is 5.96. The van der Waals surface area contributed by atoms with Crippen LogP contribution in [0.1, 0.15) is 52.8 Å². The number of hydrogen-bond donors (Lipinski definition) is 1. The number of amides is 2. The van der Waals surface area contributed by atoms with Crippen molar-refractivity contribution in [3.05, 3.63) is 35.4 Å². The van der Waals surface area contributed by atoms with Crippen molar-refractivity contribution in [2.24, 2.45) is 11.8 Å². The van der Waals surface area contributed by atoms with Gasteiger partial charge in [0.05, 0.1) is 0 Å². The SMILES string of the molecule is O=C1CCC(CCC2CC(=O)c3ccccc3C2=O)C(=O)N1. The standard InChI is InChI=1S/C17H17NO4/c19-14-9-11(16(21)13-4-2-1-3-12(13)14)6-5-10-7-8-15(20)18-17(10)22/h1-4,10-11H,5-9H2,(H,18,20,22). The predicted octanol–water partition coefficient (Wildman–Crippen LogP) is 1.90. The third-order valence-corrected chi connectivity index (χ3v) is 4.51. The molecule has 114 valence electrons. The zero-order chi connectivity index (χ0) is 15.7. The van der Waals surface area contributed by atoms with Gasteiger partial charge in [0.15, 0.2) is 11.6 Å². The van der Waals surface area contributed by atoms with Crippen LogP contribution in [0, 0.1) is 11.8 Å². The Morgan fingerprint density at radius 3 is 2.36 bits per heavy atom. The van der Waals surface area contributed by atoms with Crippen LogP contribution in [0.25, 0.3) is 0 Å². The van der Waals surface area contributed by atoms with E-state index < -0.39 is 0 Å². The fraction of sp³-hybridized carbons (Fsp3) is 0.412. The van der Waals surface area contributed by atoms with E-state index >= 15 is 0 Å². The molecule has 1 heterocycles. The highest BCUT2D eigenvalue weighted by Crippen LogP contribution is 2.30. The van der Waals surface area contributed by atoms with E-state index in [0.29, 0.717) is 36.8 Å². The monoisotopic (exact) mass is 299 g/mol. The molecule has 1 aromatic carbocycles. The summed E-state index contributed by atoms with van der Waals surface area (Å²) < 4.78 is 0. The molecule has 1 aliphatic heterocycles. The van der Waals surface area contributed by atoms with Gasteiger partial charge in [-0.2, -0.15) is 0 Å². The zero-order valence-electron chi connectivity index (χ0n) is 12.1. The Kier molecular flexibility index (Phi) is 3.88. The summed E-state index contributed by atoms with van der Waals surface area (Å²) in [6.07, 6.45) is 2.12. The van der Waals surface area contributed by atoms with E-state index in [-0.39, 0.29) is 41.6 Å². The van der Waals surface area contributed by atoms with Gasteiger partial charge in [0, 0.05) is 35.8 Å². The molecule has 1 fully saturated rings. The highest BCUT2D eigenvalue weighted by Gasteiger charge is 2.34. The zero-order valence-corrected chi connectivity index (χ0v) is 12.1. The van der Waals surface area contributed by atoms with Crippen LogP contribution < -0.4 is 5.32 Å². The van der Waals surface area contributed by atoms with Gasteiger partial charge >= 0.3 is 0 Å². The first kappa shape index (κ1) is 14.6. The molecule has 0 radical (unpaired) electrons. The maximum atomic E-state index is 12.5. The topological polar surface area (TPSA) is 80.3 Å². The smallest absolute Gasteiger partial charge is 0.229 e. The van der Waals surface area contributed by atoms with E-state index in [9.17, 15) is 19.2 Å². The lowest BCUT2D eigenvalue weighted by atomic mass is 9.78. The molecule has 1 aromatic rings. The Morgan fingerprint density at radius 2 is 1.64 bits per heavy atom. The Hall–Kier alpha value is -2.30. The summed E-state index contributed by atoms with van der Waals surface area (Å²) in [5.41, 5.74) is 0.997. The highest BCUT2D eigenvalue weighted by atomic mass is 16.2. The van der Waals surface area contributed by atoms with Crippen LogP contribution in [0.5, 0.6) is 0 Å². The van der Waals surface area contributed by atoms with Gasteiger partial charge in [-0.05, 0) is 19.3 Å². The van der Waals surface area contributed by atoms with E-state index in [2.05, 4.69) is 5.32 Å². The molecular weight excluding hydrogens is 282 g/mol. The summed E-state index contributed by atoms with van der Waals surface area (Å²) in [6, 6.07) is 6.89. The molecule has 1 N–H and O–H groups in total. The minimum Gasteiger partial charge on any atom is -0.296 e. The first-order valence-electron chi connectivity index (χ1n) is 7.56. The molecule has 5 heteroatoms. The van der Waals surface area contributed by atoms with Gasteiger partial charge in [0.1, 0.15) is 0 Å². The van der Waals surface area contributed by atoms with E-state index in [0.717, 1.165) is 0 Å². The van der Waals surface area contributed by atoms with Gasteiger partial charge in [0.25, 0.3) is 0 Å². The number of carbonyl (C=O) groups excluding carboxylic acids is 4. The molecule has 2 aliphatic rings. The van der Waals surface area contributed by atoms with E-state index in [1.54, 1.807) is 24.3 Å². The van der Waals surface area contributed by atoms with Crippen molar-refractivity contribution in [3.8, 4) is 0 Å². The third kappa shape index (κ3) is 2.71. The summed E-state index contributed by atoms with van der Waals surface area (Å²) in [7, 11) is 0. The van der Waals surface area contributed by atoms with Gasteiger partial charge in [-0.1, -0.05) is 24.3 Å². The van der Waals surface area contributed by atoms with Gasteiger partial charge < -0.3 is 0 Å². The Balaban J connectivity index is 1.67. The Labute approximate surface area is 128 Å². The van der Waals surface area contributed by atoms with Gasteiger partial charge in [-0.25, -0.2) is 0 Å².